The summed E-state index contributed by atoms with van der Waals surface area (Å²) in [5.41, 5.74) is 2.27. The second-order valence-electron chi connectivity index (χ2n) is 5.31. The van der Waals surface area contributed by atoms with E-state index >= 15 is 0 Å². The lowest BCUT2D eigenvalue weighted by Gasteiger charge is -2.22. The van der Waals surface area contributed by atoms with Crippen LogP contribution in [-0.4, -0.2) is 23.5 Å². The van der Waals surface area contributed by atoms with Crippen LogP contribution in [0.5, 0.6) is 5.75 Å². The molecule has 0 fully saturated rings. The fourth-order valence-electron chi connectivity index (χ4n) is 1.94. The van der Waals surface area contributed by atoms with E-state index in [-0.39, 0.29) is 5.57 Å². The van der Waals surface area contributed by atoms with Crippen molar-refractivity contribution in [3.05, 3.63) is 66.7 Å². The largest absolute Gasteiger partial charge is 0.452 e. The van der Waals surface area contributed by atoms with Crippen LogP contribution < -0.4 is 4.74 Å². The van der Waals surface area contributed by atoms with Crippen LogP contribution in [0.1, 0.15) is 13.8 Å². The molecule has 2 unspecified atom stereocenters. The second-order valence-corrected chi connectivity index (χ2v) is 5.31. The van der Waals surface area contributed by atoms with E-state index in [2.05, 4.69) is 6.58 Å². The Hall–Kier alpha value is -2.59. The van der Waals surface area contributed by atoms with E-state index in [9.17, 15) is 9.90 Å². The average molecular weight is 312 g/mol. The highest BCUT2D eigenvalue weighted by atomic mass is 16.7. The minimum absolute atomic E-state index is 0.247. The number of benzene rings is 2. The summed E-state index contributed by atoms with van der Waals surface area (Å²) in [7, 11) is 0. The van der Waals surface area contributed by atoms with E-state index in [1.165, 1.54) is 13.8 Å². The topological polar surface area (TPSA) is 55.8 Å². The molecule has 2 rings (SSSR count). The molecule has 4 nitrogen and oxygen atoms in total. The first kappa shape index (κ1) is 16.8. The van der Waals surface area contributed by atoms with Crippen LogP contribution in [0.25, 0.3) is 11.1 Å². The van der Waals surface area contributed by atoms with Crippen molar-refractivity contribution in [1.82, 2.24) is 0 Å². The molecule has 2 aromatic rings. The molecule has 0 aromatic heterocycles. The molecule has 0 saturated carbocycles. The predicted molar refractivity (Wildman–Crippen MR) is 88.9 cm³/mol. The summed E-state index contributed by atoms with van der Waals surface area (Å²) in [5, 5.41) is 9.76. The Morgan fingerprint density at radius 3 is 2.35 bits per heavy atom. The minimum atomic E-state index is -1.09. The van der Waals surface area contributed by atoms with E-state index in [1.807, 2.05) is 48.5 Å². The van der Waals surface area contributed by atoms with Gasteiger partial charge in [-0.25, -0.2) is 4.79 Å². The quantitative estimate of drug-likeness (QED) is 0.503. The molecule has 0 aliphatic heterocycles. The molecule has 23 heavy (non-hydrogen) atoms. The van der Waals surface area contributed by atoms with E-state index in [0.29, 0.717) is 5.75 Å². The Morgan fingerprint density at radius 1 is 1.09 bits per heavy atom. The summed E-state index contributed by atoms with van der Waals surface area (Å²) in [6.45, 7) is 6.55. The molecular formula is C19H20O4. The summed E-state index contributed by atoms with van der Waals surface area (Å²) in [6, 6.07) is 17.2. The minimum Gasteiger partial charge on any atom is -0.452 e. The maximum atomic E-state index is 11.6. The average Bonchev–Trinajstić information content (AvgIpc) is 2.55. The molecule has 4 heteroatoms. The number of esters is 1. The lowest BCUT2D eigenvalue weighted by atomic mass is 10.1. The molecule has 0 aliphatic carbocycles. The zero-order chi connectivity index (χ0) is 16.8. The molecule has 0 spiro atoms. The molecule has 2 atom stereocenters. The SMILES string of the molecule is C=C(C)C(=O)OC(Oc1cccc(-c2ccccc2)c1)C(C)O. The molecule has 0 radical (unpaired) electrons. The monoisotopic (exact) mass is 312 g/mol. The van der Waals surface area contributed by atoms with Gasteiger partial charge >= 0.3 is 5.97 Å². The maximum Gasteiger partial charge on any atom is 0.336 e. The summed E-state index contributed by atoms with van der Waals surface area (Å²) in [4.78, 5) is 11.6. The Bertz CT molecular complexity index is 677. The normalized spacial score (nSPS) is 13.0. The number of carbonyl (C=O) groups excluding carboxylic acids is 1. The molecule has 1 N–H and O–H groups in total. The second kappa shape index (κ2) is 7.61. The van der Waals surface area contributed by atoms with Gasteiger partial charge in [-0.2, -0.15) is 0 Å². The summed E-state index contributed by atoms with van der Waals surface area (Å²) in [5.74, 6) is -0.0955. The first-order chi connectivity index (χ1) is 11.0. The number of hydrogen-bond acceptors (Lipinski definition) is 4. The third kappa shape index (κ3) is 4.69. The van der Waals surface area contributed by atoms with Crippen LogP contribution in [0, 0.1) is 0 Å². The third-order valence-corrected chi connectivity index (χ3v) is 3.16. The number of aliphatic hydroxyl groups excluding tert-OH is 1. The highest BCUT2D eigenvalue weighted by Crippen LogP contribution is 2.24. The molecule has 2 aromatic carbocycles. The van der Waals surface area contributed by atoms with Crippen LogP contribution in [0.3, 0.4) is 0 Å². The van der Waals surface area contributed by atoms with Crippen molar-refractivity contribution >= 4 is 5.97 Å². The Morgan fingerprint density at radius 2 is 1.74 bits per heavy atom. The Kier molecular flexibility index (Phi) is 5.55. The van der Waals surface area contributed by atoms with Crippen LogP contribution in [0.2, 0.25) is 0 Å². The van der Waals surface area contributed by atoms with Gasteiger partial charge in [0.05, 0.1) is 0 Å². The van der Waals surface area contributed by atoms with Crippen molar-refractivity contribution in [1.29, 1.82) is 0 Å². The number of aliphatic hydroxyl groups is 1. The van der Waals surface area contributed by atoms with Crippen LogP contribution in [0.15, 0.2) is 66.7 Å². The maximum absolute atomic E-state index is 11.6. The molecule has 0 bridgehead atoms. The standard InChI is InChI=1S/C19H20O4/c1-13(2)18(21)23-19(14(3)20)22-17-11-7-10-16(12-17)15-8-5-4-6-9-15/h4-12,14,19-20H,1H2,2-3H3. The molecule has 0 amide bonds. The van der Waals surface area contributed by atoms with Gasteiger partial charge in [0.1, 0.15) is 11.9 Å². The summed E-state index contributed by atoms with van der Waals surface area (Å²) >= 11 is 0. The lowest BCUT2D eigenvalue weighted by molar-refractivity contribution is -0.173. The number of hydrogen-bond donors (Lipinski definition) is 1. The third-order valence-electron chi connectivity index (χ3n) is 3.16. The van der Waals surface area contributed by atoms with Crippen LogP contribution in [0.4, 0.5) is 0 Å². The van der Waals surface area contributed by atoms with E-state index in [1.54, 1.807) is 6.07 Å². The highest BCUT2D eigenvalue weighted by molar-refractivity contribution is 5.87. The van der Waals surface area contributed by atoms with Crippen molar-refractivity contribution in [2.24, 2.45) is 0 Å². The lowest BCUT2D eigenvalue weighted by Crippen LogP contribution is -2.34. The molecule has 0 heterocycles. The smallest absolute Gasteiger partial charge is 0.336 e. The van der Waals surface area contributed by atoms with Gasteiger partial charge in [0.2, 0.25) is 0 Å². The van der Waals surface area contributed by atoms with Crippen molar-refractivity contribution in [3.63, 3.8) is 0 Å². The van der Waals surface area contributed by atoms with Gasteiger partial charge in [-0.15, -0.1) is 0 Å². The van der Waals surface area contributed by atoms with Gasteiger partial charge in [-0.1, -0.05) is 49.0 Å². The number of ether oxygens (including phenoxy) is 2. The fourth-order valence-corrected chi connectivity index (χ4v) is 1.94. The first-order valence-corrected chi connectivity index (χ1v) is 7.34. The Labute approximate surface area is 136 Å². The van der Waals surface area contributed by atoms with Crippen LogP contribution >= 0.6 is 0 Å². The van der Waals surface area contributed by atoms with Gasteiger partial charge in [0.25, 0.3) is 6.29 Å². The Balaban J connectivity index is 2.17. The zero-order valence-electron chi connectivity index (χ0n) is 13.2. The fraction of sp³-hybridized carbons (Fsp3) is 0.211. The first-order valence-electron chi connectivity index (χ1n) is 7.34. The molecule has 0 saturated heterocycles. The summed E-state index contributed by atoms with van der Waals surface area (Å²) < 4.78 is 10.7. The van der Waals surface area contributed by atoms with Gasteiger partial charge in [-0.3, -0.25) is 0 Å². The molecular weight excluding hydrogens is 292 g/mol. The van der Waals surface area contributed by atoms with E-state index in [0.717, 1.165) is 11.1 Å². The van der Waals surface area contributed by atoms with Crippen molar-refractivity contribution in [3.8, 4) is 16.9 Å². The van der Waals surface area contributed by atoms with E-state index in [4.69, 9.17) is 9.47 Å². The van der Waals surface area contributed by atoms with Crippen molar-refractivity contribution in [2.45, 2.75) is 26.2 Å². The van der Waals surface area contributed by atoms with Gasteiger partial charge in [0.15, 0.2) is 0 Å². The molecule has 0 aliphatic rings. The molecule has 120 valence electrons. The zero-order valence-corrected chi connectivity index (χ0v) is 13.2. The number of rotatable bonds is 6. The van der Waals surface area contributed by atoms with Gasteiger partial charge in [0, 0.05) is 5.57 Å². The van der Waals surface area contributed by atoms with Gasteiger partial charge < -0.3 is 14.6 Å². The van der Waals surface area contributed by atoms with E-state index < -0.39 is 18.4 Å². The summed E-state index contributed by atoms with van der Waals surface area (Å²) in [6.07, 6.45) is -2.07. The van der Waals surface area contributed by atoms with Crippen LogP contribution in [-0.2, 0) is 9.53 Å². The van der Waals surface area contributed by atoms with Gasteiger partial charge in [-0.05, 0) is 37.1 Å². The highest BCUT2D eigenvalue weighted by Gasteiger charge is 2.22. The van der Waals surface area contributed by atoms with Crippen molar-refractivity contribution < 1.29 is 19.4 Å². The predicted octanol–water partition coefficient (Wildman–Crippen LogP) is 3.56. The number of carbonyl (C=O) groups is 1. The van der Waals surface area contributed by atoms with Crippen molar-refractivity contribution in [2.75, 3.05) is 0 Å².